The minimum absolute atomic E-state index is 0.0217. The molecule has 3 aromatic rings. The van der Waals surface area contributed by atoms with E-state index in [2.05, 4.69) is 25.6 Å². The summed E-state index contributed by atoms with van der Waals surface area (Å²) in [7, 11) is 0. The number of guanidine groups is 1. The Morgan fingerprint density at radius 3 is 2.29 bits per heavy atom. The molecular weight excluding hydrogens is 531 g/mol. The average Bonchev–Trinajstić information content (AvgIpc) is 3.36. The molecule has 0 aliphatic rings. The van der Waals surface area contributed by atoms with E-state index in [0.29, 0.717) is 11.4 Å². The number of anilines is 1. The Hall–Kier alpha value is -4.73. The van der Waals surface area contributed by atoms with Gasteiger partial charge in [0.1, 0.15) is 6.04 Å². The maximum atomic E-state index is 12.5. The lowest BCUT2D eigenvalue weighted by atomic mass is 10.1. The van der Waals surface area contributed by atoms with Gasteiger partial charge in [-0.1, -0.05) is 18.2 Å². The largest absolute Gasteiger partial charge is 0.490 e. The molecule has 0 spiro atoms. The van der Waals surface area contributed by atoms with Gasteiger partial charge in [0.2, 0.25) is 5.95 Å². The van der Waals surface area contributed by atoms with Crippen molar-refractivity contribution in [1.82, 2.24) is 15.3 Å². The van der Waals surface area contributed by atoms with Gasteiger partial charge in [0.05, 0.1) is 11.4 Å². The lowest BCUT2D eigenvalue weighted by Gasteiger charge is -2.14. The quantitative estimate of drug-likeness (QED) is 0.168. The first-order valence-corrected chi connectivity index (χ1v) is 11.3. The predicted octanol–water partition coefficient (Wildman–Crippen LogP) is 1.91. The number of hydrogen-bond donors (Lipinski definition) is 6. The van der Waals surface area contributed by atoms with Gasteiger partial charge >= 0.3 is 18.1 Å². The van der Waals surface area contributed by atoms with E-state index in [1.165, 1.54) is 23.7 Å². The zero-order chi connectivity index (χ0) is 28.3. The normalized spacial score (nSPS) is 11.3. The molecule has 0 fully saturated rings. The van der Waals surface area contributed by atoms with Crippen LogP contribution in [-0.4, -0.2) is 62.7 Å². The predicted molar refractivity (Wildman–Crippen MR) is 132 cm³/mol. The van der Waals surface area contributed by atoms with Crippen molar-refractivity contribution in [3.8, 4) is 10.4 Å². The lowest BCUT2D eigenvalue weighted by Crippen LogP contribution is -2.41. The van der Waals surface area contributed by atoms with Crippen molar-refractivity contribution in [2.45, 2.75) is 18.8 Å². The van der Waals surface area contributed by atoms with Gasteiger partial charge in [0.15, 0.2) is 5.96 Å². The molecule has 0 saturated carbocycles. The number of aromatic nitrogens is 2. The Kier molecular flexibility index (Phi) is 10.5. The number of hydrogen-bond acceptors (Lipinski definition) is 8. The average molecular weight is 554 g/mol. The first-order chi connectivity index (χ1) is 17.9. The molecule has 8 N–H and O–H groups in total. The fraction of sp³-hybridized carbons (Fsp3) is 0.182. The highest BCUT2D eigenvalue weighted by Crippen LogP contribution is 2.29. The fourth-order valence-corrected chi connectivity index (χ4v) is 3.55. The first-order valence-electron chi connectivity index (χ1n) is 10.5. The third-order valence-corrected chi connectivity index (χ3v) is 5.50. The Bertz CT molecular complexity index is 1280. The van der Waals surface area contributed by atoms with Crippen LogP contribution < -0.4 is 22.1 Å². The van der Waals surface area contributed by atoms with Crippen molar-refractivity contribution in [3.63, 3.8) is 0 Å². The van der Waals surface area contributed by atoms with E-state index < -0.39 is 24.2 Å². The molecule has 0 aliphatic heterocycles. The van der Waals surface area contributed by atoms with Crippen LogP contribution in [0, 0.1) is 0 Å². The molecule has 0 radical (unpaired) electrons. The van der Waals surface area contributed by atoms with E-state index in [1.54, 1.807) is 12.1 Å². The second-order valence-electron chi connectivity index (χ2n) is 7.23. The minimum Gasteiger partial charge on any atom is -0.480 e. The molecule has 16 heteroatoms. The molecule has 3 rings (SSSR count). The minimum atomic E-state index is -5.08. The van der Waals surface area contributed by atoms with Crippen LogP contribution in [0.5, 0.6) is 0 Å². The number of halogens is 3. The number of carbonyl (C=O) groups is 3. The van der Waals surface area contributed by atoms with E-state index >= 15 is 0 Å². The van der Waals surface area contributed by atoms with Gasteiger partial charge in [-0.15, -0.1) is 11.3 Å². The molecule has 0 saturated heterocycles. The van der Waals surface area contributed by atoms with Gasteiger partial charge in [0.25, 0.3) is 5.91 Å². The summed E-state index contributed by atoms with van der Waals surface area (Å²) in [5, 5.41) is 21.8. The summed E-state index contributed by atoms with van der Waals surface area (Å²) >= 11 is 1.30. The number of rotatable bonds is 9. The van der Waals surface area contributed by atoms with Crippen LogP contribution in [0.25, 0.3) is 10.4 Å². The molecule has 1 aromatic carbocycles. The van der Waals surface area contributed by atoms with E-state index in [1.807, 2.05) is 30.3 Å². The SMILES string of the molecule is NC(N)=NCc1cccc(-c2ccc(C(=O)NCC(Nc3ncccn3)C(=O)O)s2)c1.O=C(O)C(F)(F)F. The maximum Gasteiger partial charge on any atom is 0.490 e. The molecule has 2 heterocycles. The summed E-state index contributed by atoms with van der Waals surface area (Å²) in [4.78, 5) is 46.1. The highest BCUT2D eigenvalue weighted by atomic mass is 32.1. The molecule has 12 nitrogen and oxygen atoms in total. The van der Waals surface area contributed by atoms with Crippen molar-refractivity contribution < 1.29 is 37.8 Å². The number of nitrogens with two attached hydrogens (primary N) is 2. The number of carbonyl (C=O) groups excluding carboxylic acids is 1. The van der Waals surface area contributed by atoms with Gasteiger partial charge in [-0.25, -0.2) is 24.5 Å². The summed E-state index contributed by atoms with van der Waals surface area (Å²) < 4.78 is 31.7. The third kappa shape index (κ3) is 9.73. The molecule has 0 bridgehead atoms. The Balaban J connectivity index is 0.000000638. The van der Waals surface area contributed by atoms with Crippen molar-refractivity contribution in [1.29, 1.82) is 0 Å². The highest BCUT2D eigenvalue weighted by molar-refractivity contribution is 7.17. The van der Waals surface area contributed by atoms with Crippen LogP contribution in [0.4, 0.5) is 19.1 Å². The molecule has 38 heavy (non-hydrogen) atoms. The standard InChI is InChI=1S/C20H21N7O3S.C2HF3O2/c21-19(22)26-10-12-3-1-4-13(9-12)15-5-6-16(31-15)17(28)25-11-14(18(29)30)27-20-23-7-2-8-24-20;3-2(4,5)1(6)7/h1-9,14H,10-11H2,(H,25,28)(H,29,30)(H4,21,22,26)(H,23,24,27);(H,6,7). The van der Waals surface area contributed by atoms with Crippen LogP contribution in [0.3, 0.4) is 0 Å². The van der Waals surface area contributed by atoms with E-state index in [-0.39, 0.29) is 24.4 Å². The monoisotopic (exact) mass is 553 g/mol. The molecule has 1 atom stereocenters. The van der Waals surface area contributed by atoms with Crippen molar-refractivity contribution >= 4 is 41.1 Å². The van der Waals surface area contributed by atoms with Crippen LogP contribution in [0.1, 0.15) is 15.2 Å². The Morgan fingerprint density at radius 2 is 1.71 bits per heavy atom. The first kappa shape index (κ1) is 29.5. The lowest BCUT2D eigenvalue weighted by molar-refractivity contribution is -0.192. The number of nitrogens with one attached hydrogen (secondary N) is 2. The summed E-state index contributed by atoms with van der Waals surface area (Å²) in [6.07, 6.45) is -2.10. The van der Waals surface area contributed by atoms with E-state index in [0.717, 1.165) is 16.0 Å². The zero-order valence-corrected chi connectivity index (χ0v) is 20.2. The number of carboxylic acids is 2. The summed E-state index contributed by atoms with van der Waals surface area (Å²) in [6, 6.07) is 11.8. The number of thiophene rings is 1. The number of aliphatic imine (C=N–C) groups is 1. The fourth-order valence-electron chi connectivity index (χ4n) is 2.63. The highest BCUT2D eigenvalue weighted by Gasteiger charge is 2.38. The maximum absolute atomic E-state index is 12.5. The topological polar surface area (TPSA) is 206 Å². The van der Waals surface area contributed by atoms with E-state index in [4.69, 9.17) is 21.4 Å². The van der Waals surface area contributed by atoms with E-state index in [9.17, 15) is 27.9 Å². The summed E-state index contributed by atoms with van der Waals surface area (Å²) in [5.74, 6) is -4.06. The van der Waals surface area contributed by atoms with Crippen LogP contribution in [-0.2, 0) is 16.1 Å². The second kappa shape index (κ2) is 13.5. The molecule has 2 aromatic heterocycles. The summed E-state index contributed by atoms with van der Waals surface area (Å²) in [5.41, 5.74) is 12.6. The van der Waals surface area contributed by atoms with Crippen molar-refractivity contribution in [2.75, 3.05) is 11.9 Å². The van der Waals surface area contributed by atoms with Gasteiger partial charge < -0.3 is 32.3 Å². The molecule has 1 unspecified atom stereocenters. The number of carboxylic acid groups (broad SMARTS) is 2. The molecule has 0 aliphatic carbocycles. The van der Waals surface area contributed by atoms with Gasteiger partial charge in [0, 0.05) is 23.8 Å². The van der Waals surface area contributed by atoms with Crippen LogP contribution >= 0.6 is 11.3 Å². The van der Waals surface area contributed by atoms with Crippen LogP contribution in [0.15, 0.2) is 59.9 Å². The Morgan fingerprint density at radius 1 is 1.05 bits per heavy atom. The third-order valence-electron chi connectivity index (χ3n) is 4.36. The van der Waals surface area contributed by atoms with Crippen molar-refractivity contribution in [2.24, 2.45) is 16.5 Å². The van der Waals surface area contributed by atoms with Gasteiger partial charge in [-0.05, 0) is 35.4 Å². The number of amides is 1. The number of alkyl halides is 3. The van der Waals surface area contributed by atoms with Gasteiger partial charge in [-0.3, -0.25) is 4.79 Å². The van der Waals surface area contributed by atoms with Gasteiger partial charge in [-0.2, -0.15) is 13.2 Å². The molecular formula is C22H22F3N7O5S. The smallest absolute Gasteiger partial charge is 0.480 e. The number of aliphatic carboxylic acids is 2. The molecule has 202 valence electrons. The van der Waals surface area contributed by atoms with Crippen molar-refractivity contribution in [3.05, 3.63) is 65.3 Å². The summed E-state index contributed by atoms with van der Waals surface area (Å²) in [6.45, 7) is 0.233. The zero-order valence-electron chi connectivity index (χ0n) is 19.3. The number of nitrogens with zero attached hydrogens (tertiary/aromatic N) is 3. The van der Waals surface area contributed by atoms with Crippen LogP contribution in [0.2, 0.25) is 0 Å². The number of benzene rings is 1. The molecule has 1 amide bonds. The second-order valence-corrected chi connectivity index (χ2v) is 8.31. The Labute approximate surface area is 217 Å².